The summed E-state index contributed by atoms with van der Waals surface area (Å²) in [6, 6.07) is 0. The summed E-state index contributed by atoms with van der Waals surface area (Å²) in [6.07, 6.45) is 7.92. The minimum absolute atomic E-state index is 0.0691. The highest BCUT2D eigenvalue weighted by Crippen LogP contribution is 2.62. The molecule has 2 N–H and O–H groups in total. The summed E-state index contributed by atoms with van der Waals surface area (Å²) in [6.45, 7) is 11.1. The molecule has 3 heteroatoms. The molecule has 0 heterocycles. The fraction of sp³-hybridized carbons (Fsp3) is 0.850. The Balaban J connectivity index is 2.21. The molecule has 0 aliphatic heterocycles. The number of fused-ring (bicyclic) bond motifs is 1. The van der Waals surface area contributed by atoms with Gasteiger partial charge < -0.3 is 10.2 Å². The highest BCUT2D eigenvalue weighted by Gasteiger charge is 2.57. The first-order chi connectivity index (χ1) is 10.8. The Morgan fingerprint density at radius 3 is 2.65 bits per heavy atom. The summed E-state index contributed by atoms with van der Waals surface area (Å²) < 4.78 is 0. The standard InChI is InChI=1S/C20H34O3/c1-14(10-13-21)6-8-16-15(2)7-9-17-19(16,3)11-5-12-20(17,4)18(22)23/h14,16-17,21H,2,5-13H2,1,3-4H3,(H,22,23)/t14-,16-,17?,19+,20-/m0/s1. The highest BCUT2D eigenvalue weighted by atomic mass is 16.4. The first-order valence-electron chi connectivity index (χ1n) is 9.27. The van der Waals surface area contributed by atoms with Crippen molar-refractivity contribution in [2.75, 3.05) is 6.61 Å². The van der Waals surface area contributed by atoms with Gasteiger partial charge in [0.1, 0.15) is 0 Å². The van der Waals surface area contributed by atoms with Crippen LogP contribution in [0.4, 0.5) is 0 Å². The lowest BCUT2D eigenvalue weighted by Gasteiger charge is -2.57. The molecular weight excluding hydrogens is 288 g/mol. The van der Waals surface area contributed by atoms with E-state index >= 15 is 0 Å². The average Bonchev–Trinajstić information content (AvgIpc) is 2.46. The maximum atomic E-state index is 12.0. The fourth-order valence-corrected chi connectivity index (χ4v) is 5.55. The number of aliphatic hydroxyl groups excluding tert-OH is 1. The largest absolute Gasteiger partial charge is 0.481 e. The molecule has 2 aliphatic rings. The Bertz CT molecular complexity index is 458. The number of rotatable bonds is 6. The first-order valence-corrected chi connectivity index (χ1v) is 9.27. The third-order valence-electron chi connectivity index (χ3n) is 7.08. The lowest BCUT2D eigenvalue weighted by Crippen LogP contribution is -2.53. The molecule has 0 radical (unpaired) electrons. The van der Waals surface area contributed by atoms with Crippen LogP contribution in [0.5, 0.6) is 0 Å². The second kappa shape index (κ2) is 6.96. The Kier molecular flexibility index (Phi) is 5.60. The van der Waals surface area contributed by atoms with E-state index in [0.29, 0.717) is 11.8 Å². The maximum Gasteiger partial charge on any atom is 0.309 e. The summed E-state index contributed by atoms with van der Waals surface area (Å²) in [5.74, 6) is 0.589. The van der Waals surface area contributed by atoms with Crippen molar-refractivity contribution in [1.29, 1.82) is 0 Å². The first kappa shape index (κ1) is 18.5. The summed E-state index contributed by atoms with van der Waals surface area (Å²) >= 11 is 0. The monoisotopic (exact) mass is 322 g/mol. The van der Waals surface area contributed by atoms with Gasteiger partial charge in [0.2, 0.25) is 0 Å². The molecule has 2 rings (SSSR count). The molecule has 2 aliphatic carbocycles. The van der Waals surface area contributed by atoms with Gasteiger partial charge in [-0.2, -0.15) is 0 Å². The Morgan fingerprint density at radius 2 is 2.04 bits per heavy atom. The quantitative estimate of drug-likeness (QED) is 0.700. The predicted octanol–water partition coefficient (Wildman–Crippen LogP) is 4.65. The van der Waals surface area contributed by atoms with Gasteiger partial charge in [0.25, 0.3) is 0 Å². The molecule has 0 spiro atoms. The van der Waals surface area contributed by atoms with Gasteiger partial charge in [-0.05, 0) is 68.6 Å². The zero-order valence-electron chi connectivity index (χ0n) is 15.1. The van der Waals surface area contributed by atoms with Crippen molar-refractivity contribution in [3.8, 4) is 0 Å². The van der Waals surface area contributed by atoms with Crippen LogP contribution in [-0.2, 0) is 4.79 Å². The Morgan fingerprint density at radius 1 is 1.35 bits per heavy atom. The SMILES string of the molecule is C=C1CCC2[C@](C)(CCC[C@]2(C)C(=O)O)[C@H]1CC[C@H](C)CCO. The van der Waals surface area contributed by atoms with Crippen LogP contribution >= 0.6 is 0 Å². The molecule has 2 fully saturated rings. The number of allylic oxidation sites excluding steroid dienone is 1. The molecular formula is C20H34O3. The Labute approximate surface area is 141 Å². The number of aliphatic carboxylic acids is 1. The number of carbonyl (C=O) groups is 1. The van der Waals surface area contributed by atoms with E-state index < -0.39 is 11.4 Å². The van der Waals surface area contributed by atoms with Crippen LogP contribution in [0, 0.1) is 28.6 Å². The van der Waals surface area contributed by atoms with Gasteiger partial charge >= 0.3 is 5.97 Å². The van der Waals surface area contributed by atoms with E-state index in [4.69, 9.17) is 5.11 Å². The van der Waals surface area contributed by atoms with Crippen LogP contribution in [-0.4, -0.2) is 22.8 Å². The van der Waals surface area contributed by atoms with Gasteiger partial charge in [0.05, 0.1) is 5.41 Å². The van der Waals surface area contributed by atoms with Crippen LogP contribution in [0.3, 0.4) is 0 Å². The maximum absolute atomic E-state index is 12.0. The van der Waals surface area contributed by atoms with Crippen LogP contribution in [0.1, 0.15) is 72.1 Å². The molecule has 132 valence electrons. The number of carboxylic acid groups (broad SMARTS) is 1. The zero-order chi connectivity index (χ0) is 17.3. The molecule has 0 aromatic heterocycles. The summed E-state index contributed by atoms with van der Waals surface area (Å²) in [4.78, 5) is 12.0. The number of hydrogen-bond acceptors (Lipinski definition) is 2. The number of carboxylic acids is 1. The van der Waals surface area contributed by atoms with Crippen LogP contribution in [0.25, 0.3) is 0 Å². The van der Waals surface area contributed by atoms with Gasteiger partial charge in [0, 0.05) is 6.61 Å². The minimum atomic E-state index is -0.617. The number of hydrogen-bond donors (Lipinski definition) is 2. The van der Waals surface area contributed by atoms with E-state index in [-0.39, 0.29) is 17.9 Å². The van der Waals surface area contributed by atoms with Gasteiger partial charge in [-0.25, -0.2) is 0 Å². The molecule has 0 amide bonds. The summed E-state index contributed by atoms with van der Waals surface area (Å²) in [5, 5.41) is 19.0. The topological polar surface area (TPSA) is 57.5 Å². The van der Waals surface area contributed by atoms with Crippen molar-refractivity contribution < 1.29 is 15.0 Å². The summed E-state index contributed by atoms with van der Waals surface area (Å²) in [7, 11) is 0. The van der Waals surface area contributed by atoms with Gasteiger partial charge in [-0.1, -0.05) is 38.8 Å². The fourth-order valence-electron chi connectivity index (χ4n) is 5.55. The van der Waals surface area contributed by atoms with Crippen molar-refractivity contribution in [2.45, 2.75) is 72.1 Å². The van der Waals surface area contributed by atoms with Crippen molar-refractivity contribution in [2.24, 2.45) is 28.6 Å². The van der Waals surface area contributed by atoms with Crippen LogP contribution in [0.2, 0.25) is 0 Å². The molecule has 3 nitrogen and oxygen atoms in total. The molecule has 0 bridgehead atoms. The molecule has 0 aromatic rings. The Hall–Kier alpha value is -0.830. The van der Waals surface area contributed by atoms with Crippen molar-refractivity contribution >= 4 is 5.97 Å². The molecule has 0 aromatic carbocycles. The second-order valence-electron chi connectivity index (χ2n) is 8.58. The molecule has 23 heavy (non-hydrogen) atoms. The van der Waals surface area contributed by atoms with E-state index in [9.17, 15) is 9.90 Å². The molecule has 0 saturated heterocycles. The van der Waals surface area contributed by atoms with E-state index in [2.05, 4.69) is 20.4 Å². The lowest BCUT2D eigenvalue weighted by molar-refractivity contribution is -0.164. The van der Waals surface area contributed by atoms with E-state index in [1.165, 1.54) is 5.57 Å². The second-order valence-corrected chi connectivity index (χ2v) is 8.58. The van der Waals surface area contributed by atoms with E-state index in [1.54, 1.807) is 0 Å². The van der Waals surface area contributed by atoms with E-state index in [1.807, 2.05) is 6.92 Å². The molecule has 5 atom stereocenters. The van der Waals surface area contributed by atoms with E-state index in [0.717, 1.165) is 51.4 Å². The van der Waals surface area contributed by atoms with Crippen molar-refractivity contribution in [3.05, 3.63) is 12.2 Å². The number of aliphatic hydroxyl groups is 1. The zero-order valence-corrected chi connectivity index (χ0v) is 15.1. The van der Waals surface area contributed by atoms with Crippen LogP contribution < -0.4 is 0 Å². The van der Waals surface area contributed by atoms with Crippen molar-refractivity contribution in [3.63, 3.8) is 0 Å². The van der Waals surface area contributed by atoms with Crippen molar-refractivity contribution in [1.82, 2.24) is 0 Å². The van der Waals surface area contributed by atoms with Crippen LogP contribution in [0.15, 0.2) is 12.2 Å². The van der Waals surface area contributed by atoms with Gasteiger partial charge in [-0.15, -0.1) is 0 Å². The molecule has 2 saturated carbocycles. The third-order valence-corrected chi connectivity index (χ3v) is 7.08. The smallest absolute Gasteiger partial charge is 0.309 e. The minimum Gasteiger partial charge on any atom is -0.481 e. The predicted molar refractivity (Wildman–Crippen MR) is 93.2 cm³/mol. The molecule has 1 unspecified atom stereocenters. The highest BCUT2D eigenvalue weighted by molar-refractivity contribution is 5.75. The van der Waals surface area contributed by atoms with Gasteiger partial charge in [-0.3, -0.25) is 4.79 Å². The van der Waals surface area contributed by atoms with Gasteiger partial charge in [0.15, 0.2) is 0 Å². The summed E-state index contributed by atoms with van der Waals surface area (Å²) in [5.41, 5.74) is 0.817. The normalized spacial score (nSPS) is 38.9. The lowest BCUT2D eigenvalue weighted by atomic mass is 9.46. The third kappa shape index (κ3) is 3.35. The average molecular weight is 322 g/mol.